The van der Waals surface area contributed by atoms with Gasteiger partial charge in [-0.15, -0.1) is 0 Å². The maximum atomic E-state index is 9.59. The van der Waals surface area contributed by atoms with E-state index in [0.29, 0.717) is 18.9 Å². The lowest BCUT2D eigenvalue weighted by Gasteiger charge is -2.36. The molecule has 0 aromatic rings. The molecule has 0 atom stereocenters. The average Bonchev–Trinajstić information content (AvgIpc) is 2.05. The van der Waals surface area contributed by atoms with Gasteiger partial charge in [-0.2, -0.15) is 5.26 Å². The van der Waals surface area contributed by atoms with Gasteiger partial charge in [0.25, 0.3) is 0 Å². The van der Waals surface area contributed by atoms with Crippen LogP contribution in [0.5, 0.6) is 0 Å². The normalized spacial score (nSPS) is 23.9. The minimum absolute atomic E-state index is 0.522. The molecular weight excluding hydrogens is 152 g/mol. The van der Waals surface area contributed by atoms with Gasteiger partial charge < -0.3 is 10.0 Å². The van der Waals surface area contributed by atoms with Crippen molar-refractivity contribution in [3.63, 3.8) is 0 Å². The smallest absolute Gasteiger partial charge is 0.153 e. The van der Waals surface area contributed by atoms with Gasteiger partial charge in [0.15, 0.2) is 5.60 Å². The van der Waals surface area contributed by atoms with Crippen molar-refractivity contribution in [2.75, 3.05) is 13.1 Å². The molecule has 1 saturated heterocycles. The zero-order chi connectivity index (χ0) is 9.19. The zero-order valence-electron chi connectivity index (χ0n) is 7.75. The molecule has 0 radical (unpaired) electrons. The molecule has 0 aliphatic carbocycles. The van der Waals surface area contributed by atoms with Crippen LogP contribution in [0.15, 0.2) is 0 Å². The van der Waals surface area contributed by atoms with Crippen LogP contribution in [0, 0.1) is 11.3 Å². The van der Waals surface area contributed by atoms with E-state index in [4.69, 9.17) is 5.26 Å². The van der Waals surface area contributed by atoms with Crippen molar-refractivity contribution in [3.05, 3.63) is 0 Å². The Bertz CT molecular complexity index is 187. The van der Waals surface area contributed by atoms with Gasteiger partial charge in [0.2, 0.25) is 0 Å². The van der Waals surface area contributed by atoms with Gasteiger partial charge in [-0.05, 0) is 13.8 Å². The van der Waals surface area contributed by atoms with Crippen LogP contribution in [0.25, 0.3) is 0 Å². The highest BCUT2D eigenvalue weighted by molar-refractivity contribution is 5.03. The van der Waals surface area contributed by atoms with Gasteiger partial charge in [0.05, 0.1) is 6.07 Å². The van der Waals surface area contributed by atoms with E-state index < -0.39 is 5.60 Å². The maximum absolute atomic E-state index is 9.59. The summed E-state index contributed by atoms with van der Waals surface area (Å²) in [6.45, 7) is 5.94. The van der Waals surface area contributed by atoms with Gasteiger partial charge in [-0.1, -0.05) is 0 Å². The molecule has 1 aliphatic rings. The summed E-state index contributed by atoms with van der Waals surface area (Å²) in [6.07, 6.45) is 1.17. The van der Waals surface area contributed by atoms with Crippen LogP contribution >= 0.6 is 0 Å². The Balaban J connectivity index is 2.46. The Hall–Kier alpha value is -0.590. The highest BCUT2D eigenvalue weighted by Crippen LogP contribution is 2.22. The predicted molar refractivity (Wildman–Crippen MR) is 46.5 cm³/mol. The first kappa shape index (κ1) is 9.50. The molecular formula is C9H16N2O. The number of rotatable bonds is 1. The Kier molecular flexibility index (Phi) is 2.71. The lowest BCUT2D eigenvalue weighted by Crippen LogP contribution is -2.45. The number of nitrogens with zero attached hydrogens (tertiary/aromatic N) is 2. The summed E-state index contributed by atoms with van der Waals surface area (Å²) in [7, 11) is 0. The van der Waals surface area contributed by atoms with Crippen molar-refractivity contribution in [2.45, 2.75) is 38.3 Å². The van der Waals surface area contributed by atoms with E-state index in [1.807, 2.05) is 6.07 Å². The molecule has 3 nitrogen and oxygen atoms in total. The number of nitriles is 1. The van der Waals surface area contributed by atoms with Gasteiger partial charge >= 0.3 is 0 Å². The van der Waals surface area contributed by atoms with Crippen molar-refractivity contribution < 1.29 is 5.11 Å². The molecule has 1 rings (SSSR count). The fourth-order valence-corrected chi connectivity index (χ4v) is 1.52. The molecule has 0 saturated carbocycles. The molecule has 0 bridgehead atoms. The molecule has 3 heteroatoms. The number of likely N-dealkylation sites (tertiary alicyclic amines) is 1. The Morgan fingerprint density at radius 2 is 1.92 bits per heavy atom. The number of piperidine rings is 1. The molecule has 0 aromatic heterocycles. The summed E-state index contributed by atoms with van der Waals surface area (Å²) < 4.78 is 0. The van der Waals surface area contributed by atoms with Crippen LogP contribution in [-0.2, 0) is 0 Å². The van der Waals surface area contributed by atoms with E-state index in [1.165, 1.54) is 0 Å². The topological polar surface area (TPSA) is 47.3 Å². The number of aliphatic hydroxyl groups is 1. The van der Waals surface area contributed by atoms with Crippen LogP contribution < -0.4 is 0 Å². The second kappa shape index (κ2) is 3.42. The molecule has 0 spiro atoms. The van der Waals surface area contributed by atoms with Crippen LogP contribution in [0.4, 0.5) is 0 Å². The Labute approximate surface area is 73.6 Å². The molecule has 1 fully saturated rings. The summed E-state index contributed by atoms with van der Waals surface area (Å²) in [5.74, 6) is 0. The van der Waals surface area contributed by atoms with Gasteiger partial charge in [-0.25, -0.2) is 0 Å². The predicted octanol–water partition coefficient (Wildman–Crippen LogP) is 0.745. The molecule has 0 amide bonds. The largest absolute Gasteiger partial charge is 0.375 e. The molecule has 1 N–H and O–H groups in total. The van der Waals surface area contributed by atoms with E-state index in [-0.39, 0.29) is 0 Å². The van der Waals surface area contributed by atoms with Crippen molar-refractivity contribution in [3.8, 4) is 6.07 Å². The first-order valence-electron chi connectivity index (χ1n) is 4.45. The highest BCUT2D eigenvalue weighted by atomic mass is 16.3. The molecule has 0 aromatic carbocycles. The van der Waals surface area contributed by atoms with Crippen molar-refractivity contribution in [2.24, 2.45) is 0 Å². The zero-order valence-corrected chi connectivity index (χ0v) is 7.75. The van der Waals surface area contributed by atoms with E-state index in [1.54, 1.807) is 0 Å². The second-order valence-electron chi connectivity index (χ2n) is 3.77. The SMILES string of the molecule is CC(C)N1CCC(O)(C#N)CC1. The minimum Gasteiger partial charge on any atom is -0.375 e. The van der Waals surface area contributed by atoms with Crippen molar-refractivity contribution >= 4 is 0 Å². The third kappa shape index (κ3) is 1.96. The number of hydrogen-bond acceptors (Lipinski definition) is 3. The van der Waals surface area contributed by atoms with Crippen LogP contribution in [-0.4, -0.2) is 34.7 Å². The van der Waals surface area contributed by atoms with Gasteiger partial charge in [-0.3, -0.25) is 0 Å². The van der Waals surface area contributed by atoms with Gasteiger partial charge in [0, 0.05) is 32.0 Å². The van der Waals surface area contributed by atoms with Crippen LogP contribution in [0.1, 0.15) is 26.7 Å². The summed E-state index contributed by atoms with van der Waals surface area (Å²) in [5, 5.41) is 18.2. The third-order valence-corrected chi connectivity index (χ3v) is 2.56. The molecule has 0 unspecified atom stereocenters. The van der Waals surface area contributed by atoms with Crippen LogP contribution in [0.3, 0.4) is 0 Å². The molecule has 12 heavy (non-hydrogen) atoms. The fraction of sp³-hybridized carbons (Fsp3) is 0.889. The molecule has 1 heterocycles. The maximum Gasteiger partial charge on any atom is 0.153 e. The minimum atomic E-state index is -1.05. The monoisotopic (exact) mass is 168 g/mol. The van der Waals surface area contributed by atoms with Crippen LogP contribution in [0.2, 0.25) is 0 Å². The third-order valence-electron chi connectivity index (χ3n) is 2.56. The fourth-order valence-electron chi connectivity index (χ4n) is 1.52. The second-order valence-corrected chi connectivity index (χ2v) is 3.77. The summed E-state index contributed by atoms with van der Waals surface area (Å²) >= 11 is 0. The number of hydrogen-bond donors (Lipinski definition) is 1. The Morgan fingerprint density at radius 3 is 2.25 bits per heavy atom. The summed E-state index contributed by atoms with van der Waals surface area (Å²) in [4.78, 5) is 2.28. The first-order chi connectivity index (χ1) is 5.57. The standard InChI is InChI=1S/C9H16N2O/c1-8(2)11-5-3-9(12,7-10)4-6-11/h8,12H,3-6H2,1-2H3. The van der Waals surface area contributed by atoms with E-state index in [0.717, 1.165) is 13.1 Å². The average molecular weight is 168 g/mol. The first-order valence-corrected chi connectivity index (χ1v) is 4.45. The summed E-state index contributed by atoms with van der Waals surface area (Å²) in [6, 6.07) is 2.49. The van der Waals surface area contributed by atoms with E-state index in [9.17, 15) is 5.11 Å². The molecule has 1 aliphatic heterocycles. The van der Waals surface area contributed by atoms with Crippen molar-refractivity contribution in [1.29, 1.82) is 5.26 Å². The van der Waals surface area contributed by atoms with E-state index in [2.05, 4.69) is 18.7 Å². The highest BCUT2D eigenvalue weighted by Gasteiger charge is 2.32. The Morgan fingerprint density at radius 1 is 1.42 bits per heavy atom. The lowest BCUT2D eigenvalue weighted by atomic mass is 9.92. The van der Waals surface area contributed by atoms with E-state index >= 15 is 0 Å². The lowest BCUT2D eigenvalue weighted by molar-refractivity contribution is 0.0162. The summed E-state index contributed by atoms with van der Waals surface area (Å²) in [5.41, 5.74) is -1.05. The van der Waals surface area contributed by atoms with Crippen molar-refractivity contribution in [1.82, 2.24) is 4.90 Å². The van der Waals surface area contributed by atoms with Gasteiger partial charge in [0.1, 0.15) is 0 Å². The quantitative estimate of drug-likeness (QED) is 0.588. The molecule has 68 valence electrons.